The van der Waals surface area contributed by atoms with E-state index in [-0.39, 0.29) is 68.7 Å². The fourth-order valence-electron chi connectivity index (χ4n) is 10.1. The van der Waals surface area contributed by atoms with E-state index in [4.69, 9.17) is 10.5 Å². The number of hydrogen-bond acceptors (Lipinski definition) is 11. The molecule has 0 aromatic heterocycles. The molecule has 0 radical (unpaired) electrons. The SMILES string of the molecule is C=Cc1ccccc1N(Cc1ccccc1CC)C(=O)CCC(=O)N[C@H](C(=O)N[C@@H](CCCNC(N)=O)C(=O)Nc1ccc(COC(=O)Nc2ccc(C(C)(C)[C@@H](NC)C(=O)N[C@H](C(=O)N(C)[C@H](/C=C(\C)C(=O)O)C(C)C)C(C)(C)C)cc2)cc1)C(C)C. The van der Waals surface area contributed by atoms with Crippen molar-refractivity contribution >= 4 is 76.7 Å². The number of rotatable bonds is 31. The maximum Gasteiger partial charge on any atom is 0.411 e. The number of likely N-dealkylation sites (N-methyl/N-ethyl adjacent to an activating group) is 2. The Morgan fingerprint density at radius 2 is 1.33 bits per heavy atom. The number of aryl methyl sites for hydroxylation is 1. The number of carboxylic acids is 1. The molecular formula is C67H92N10O11. The van der Waals surface area contributed by atoms with E-state index in [9.17, 15) is 48.3 Å². The topological polar surface area (TPSA) is 300 Å². The summed E-state index contributed by atoms with van der Waals surface area (Å²) in [5.41, 5.74) is 9.40. The van der Waals surface area contributed by atoms with E-state index in [0.29, 0.717) is 22.6 Å². The third kappa shape index (κ3) is 20.9. The Balaban J connectivity index is 1.37. The highest BCUT2D eigenvalue weighted by Crippen LogP contribution is 2.31. The lowest BCUT2D eigenvalue weighted by molar-refractivity contribution is -0.141. The molecule has 4 aromatic carbocycles. The van der Waals surface area contributed by atoms with E-state index < -0.39 is 88.7 Å². The molecule has 9 amide bonds. The first-order valence-electron chi connectivity index (χ1n) is 29.8. The van der Waals surface area contributed by atoms with E-state index in [2.05, 4.69) is 43.8 Å². The molecule has 0 fully saturated rings. The van der Waals surface area contributed by atoms with Crippen LogP contribution in [-0.4, -0.2) is 114 Å². The van der Waals surface area contributed by atoms with Crippen molar-refractivity contribution in [2.45, 2.75) is 157 Å². The molecule has 4 aromatic rings. The zero-order valence-electron chi connectivity index (χ0n) is 53.3. The summed E-state index contributed by atoms with van der Waals surface area (Å²) in [6.07, 6.45) is 3.21. The quantitative estimate of drug-likeness (QED) is 0.0169. The van der Waals surface area contributed by atoms with Crippen LogP contribution in [0.1, 0.15) is 130 Å². The standard InChI is InChI=1S/C67H92N10O11/c1-15-45-22-17-18-24-47(45)39-77(52-26-20-19-23-46(52)16-2)55(79)36-35-54(78)74-56(42(5)6)60(81)73-51(25-21-37-70-64(68)86)59(80)71-49-31-27-44(28-32-49)40-88-65(87)72-50-33-29-48(30-34-50)67(11,12)57(69-13)61(82)75-58(66(8,9)10)62(83)76(14)53(41(3)4)38-43(7)63(84)85/h16-20,22-24,26-34,38,41-42,51,53,56-58,69H,2,15,21,25,35-37,39-40H2,1,3-14H3,(H,71,80)(H,72,87)(H,73,81)(H,74,78)(H,75,82)(H,84,85)(H3,68,70,86)/b43-38+/t51-,53+,56-,57-,58+/m0/s1. The van der Waals surface area contributed by atoms with Crippen molar-refractivity contribution in [2.24, 2.45) is 23.0 Å². The van der Waals surface area contributed by atoms with Crippen LogP contribution in [0.3, 0.4) is 0 Å². The number of hydrogen-bond donors (Lipinski definition) is 9. The van der Waals surface area contributed by atoms with E-state index in [1.54, 1.807) is 93.5 Å². The van der Waals surface area contributed by atoms with Crippen LogP contribution in [0.4, 0.5) is 26.7 Å². The molecule has 4 rings (SSSR count). The van der Waals surface area contributed by atoms with Crippen LogP contribution in [0.2, 0.25) is 0 Å². The molecule has 0 spiro atoms. The first-order valence-corrected chi connectivity index (χ1v) is 29.8. The Hall–Kier alpha value is -8.85. The number of primary amides is 1. The number of nitrogens with one attached hydrogen (secondary N) is 7. The number of urea groups is 1. The highest BCUT2D eigenvalue weighted by Gasteiger charge is 2.42. The molecular weight excluding hydrogens is 1120 g/mol. The molecule has 0 aliphatic rings. The van der Waals surface area contributed by atoms with Crippen LogP contribution in [0.25, 0.3) is 6.08 Å². The third-order valence-electron chi connectivity index (χ3n) is 15.4. The van der Waals surface area contributed by atoms with Crippen LogP contribution in [-0.2, 0) is 63.3 Å². The van der Waals surface area contributed by atoms with Gasteiger partial charge in [-0.15, -0.1) is 0 Å². The van der Waals surface area contributed by atoms with Crippen molar-refractivity contribution in [1.82, 2.24) is 31.5 Å². The maximum atomic E-state index is 14.2. The number of ether oxygens (including phenoxy) is 1. The first-order chi connectivity index (χ1) is 41.4. The molecule has 10 N–H and O–H groups in total. The van der Waals surface area contributed by atoms with Gasteiger partial charge in [-0.2, -0.15) is 0 Å². The van der Waals surface area contributed by atoms with Gasteiger partial charge in [-0.3, -0.25) is 34.1 Å². The number of anilines is 3. The molecule has 5 atom stereocenters. The molecule has 0 saturated heterocycles. The second-order valence-electron chi connectivity index (χ2n) is 24.2. The van der Waals surface area contributed by atoms with Gasteiger partial charge in [0.2, 0.25) is 35.4 Å². The number of para-hydroxylation sites is 1. The van der Waals surface area contributed by atoms with Crippen LogP contribution in [0.5, 0.6) is 0 Å². The number of nitrogens with two attached hydrogens (primary N) is 1. The van der Waals surface area contributed by atoms with E-state index in [1.807, 2.05) is 104 Å². The summed E-state index contributed by atoms with van der Waals surface area (Å²) in [6.45, 7) is 24.3. The molecule has 88 heavy (non-hydrogen) atoms. The summed E-state index contributed by atoms with van der Waals surface area (Å²) >= 11 is 0. The highest BCUT2D eigenvalue weighted by molar-refractivity contribution is 6.00. The highest BCUT2D eigenvalue weighted by atomic mass is 16.5. The third-order valence-corrected chi connectivity index (χ3v) is 15.4. The largest absolute Gasteiger partial charge is 0.478 e. The average Bonchev–Trinajstić information content (AvgIpc) is 2.73. The number of benzene rings is 4. The van der Waals surface area contributed by atoms with Crippen molar-refractivity contribution in [3.63, 3.8) is 0 Å². The molecule has 0 aliphatic carbocycles. The van der Waals surface area contributed by atoms with Crippen molar-refractivity contribution in [3.05, 3.63) is 143 Å². The molecule has 21 heteroatoms. The second-order valence-corrected chi connectivity index (χ2v) is 24.2. The van der Waals surface area contributed by atoms with E-state index in [0.717, 1.165) is 28.7 Å². The van der Waals surface area contributed by atoms with Gasteiger partial charge in [0.25, 0.3) is 0 Å². The Kier molecular flexibility index (Phi) is 27.1. The van der Waals surface area contributed by atoms with Gasteiger partial charge in [0, 0.05) is 48.8 Å². The van der Waals surface area contributed by atoms with Gasteiger partial charge in [0.05, 0.1) is 24.3 Å². The van der Waals surface area contributed by atoms with Crippen LogP contribution in [0, 0.1) is 17.3 Å². The van der Waals surface area contributed by atoms with Crippen molar-refractivity contribution in [1.29, 1.82) is 0 Å². The summed E-state index contributed by atoms with van der Waals surface area (Å²) in [6, 6.07) is 23.4. The fraction of sp³-hybridized carbons (Fsp3) is 0.448. The lowest BCUT2D eigenvalue weighted by Crippen LogP contribution is -2.61. The summed E-state index contributed by atoms with van der Waals surface area (Å²) in [7, 11) is 3.26. The van der Waals surface area contributed by atoms with Gasteiger partial charge in [0.15, 0.2) is 0 Å². The average molecular weight is 1210 g/mol. The van der Waals surface area contributed by atoms with Crippen LogP contribution < -0.4 is 47.9 Å². The van der Waals surface area contributed by atoms with Gasteiger partial charge in [-0.1, -0.05) is 155 Å². The number of aliphatic carboxylic acids is 1. The summed E-state index contributed by atoms with van der Waals surface area (Å²) in [4.78, 5) is 123. The van der Waals surface area contributed by atoms with Gasteiger partial charge in [-0.25, -0.2) is 14.4 Å². The van der Waals surface area contributed by atoms with Gasteiger partial charge in [-0.05, 0) is 109 Å². The normalized spacial score (nSPS) is 13.4. The monoisotopic (exact) mass is 1210 g/mol. The first kappa shape index (κ1) is 71.6. The second kappa shape index (κ2) is 33.3. The predicted octanol–water partition coefficient (Wildman–Crippen LogP) is 8.58. The summed E-state index contributed by atoms with van der Waals surface area (Å²) < 4.78 is 5.51. The minimum Gasteiger partial charge on any atom is -0.478 e. The molecule has 476 valence electrons. The summed E-state index contributed by atoms with van der Waals surface area (Å²) in [5, 5.41) is 29.2. The zero-order chi connectivity index (χ0) is 65.6. The number of carbonyl (C=O) groups is 9. The Morgan fingerprint density at radius 1 is 0.727 bits per heavy atom. The smallest absolute Gasteiger partial charge is 0.411 e. The van der Waals surface area contributed by atoms with Gasteiger partial charge in [0.1, 0.15) is 24.7 Å². The van der Waals surface area contributed by atoms with Crippen LogP contribution >= 0.6 is 0 Å². The zero-order valence-corrected chi connectivity index (χ0v) is 53.3. The number of carboxylic acid groups (broad SMARTS) is 1. The number of carbonyl (C=O) groups excluding carboxylic acids is 8. The maximum absolute atomic E-state index is 14.2. The molecule has 0 saturated carbocycles. The van der Waals surface area contributed by atoms with E-state index >= 15 is 0 Å². The molecule has 0 aliphatic heterocycles. The Morgan fingerprint density at radius 3 is 1.90 bits per heavy atom. The lowest BCUT2D eigenvalue weighted by Gasteiger charge is -2.40. The molecule has 0 bridgehead atoms. The molecule has 21 nitrogen and oxygen atoms in total. The number of nitrogens with zero attached hydrogens (tertiary/aromatic N) is 2. The van der Waals surface area contributed by atoms with Crippen LogP contribution in [0.15, 0.2) is 115 Å². The molecule has 0 unspecified atom stereocenters. The fourth-order valence-corrected chi connectivity index (χ4v) is 10.1. The van der Waals surface area contributed by atoms with Crippen molar-refractivity contribution < 1.29 is 53.0 Å². The minimum atomic E-state index is -1.12. The molecule has 0 heterocycles. The van der Waals surface area contributed by atoms with Gasteiger partial charge < -0.3 is 57.3 Å². The van der Waals surface area contributed by atoms with Crippen molar-refractivity contribution in [3.8, 4) is 0 Å². The van der Waals surface area contributed by atoms with Crippen molar-refractivity contribution in [2.75, 3.05) is 36.2 Å². The number of amides is 9. The minimum absolute atomic E-state index is 0.0844. The Labute approximate surface area is 518 Å². The predicted molar refractivity (Wildman–Crippen MR) is 344 cm³/mol. The lowest BCUT2D eigenvalue weighted by atomic mass is 9.76. The van der Waals surface area contributed by atoms with Gasteiger partial charge >= 0.3 is 18.1 Å². The summed E-state index contributed by atoms with van der Waals surface area (Å²) in [5.74, 6) is -4.45. The Bertz CT molecular complexity index is 3120. The van der Waals surface area contributed by atoms with E-state index in [1.165, 1.54) is 11.8 Å².